The number of hydrogen-bond donors (Lipinski definition) is 0. The minimum atomic E-state index is 0.318. The molecule has 1 saturated heterocycles. The van der Waals surface area contributed by atoms with Crippen LogP contribution in [0.1, 0.15) is 34.8 Å². The van der Waals surface area contributed by atoms with Crippen LogP contribution in [0.15, 0.2) is 18.2 Å². The summed E-state index contributed by atoms with van der Waals surface area (Å²) in [5, 5.41) is 0. The van der Waals surface area contributed by atoms with E-state index in [1.807, 2.05) is 6.07 Å². The van der Waals surface area contributed by atoms with Gasteiger partial charge in [0.05, 0.1) is 0 Å². The first-order chi connectivity index (χ1) is 9.26. The summed E-state index contributed by atoms with van der Waals surface area (Å²) < 4.78 is 0. The standard InChI is InChI=1S/C16H22N2O/c1-2-17-7-9-18(10-8-17)12-13-3-5-15-14(11-13)4-6-16(15)19/h3,5,11H,2,4,6-10,12H2,1H3. The van der Waals surface area contributed by atoms with Crippen molar-refractivity contribution in [3.8, 4) is 0 Å². The molecule has 3 heteroatoms. The van der Waals surface area contributed by atoms with Crippen molar-refractivity contribution in [1.29, 1.82) is 0 Å². The topological polar surface area (TPSA) is 23.6 Å². The van der Waals surface area contributed by atoms with Gasteiger partial charge in [0.2, 0.25) is 0 Å². The zero-order valence-corrected chi connectivity index (χ0v) is 11.7. The van der Waals surface area contributed by atoms with E-state index in [1.54, 1.807) is 0 Å². The molecule has 1 aromatic carbocycles. The van der Waals surface area contributed by atoms with Crippen LogP contribution in [-0.4, -0.2) is 48.3 Å². The number of nitrogens with zero attached hydrogens (tertiary/aromatic N) is 2. The third-order valence-electron chi connectivity index (χ3n) is 4.41. The van der Waals surface area contributed by atoms with Gasteiger partial charge in [0.1, 0.15) is 0 Å². The van der Waals surface area contributed by atoms with Crippen molar-refractivity contribution in [2.75, 3.05) is 32.7 Å². The van der Waals surface area contributed by atoms with Crippen molar-refractivity contribution >= 4 is 5.78 Å². The van der Waals surface area contributed by atoms with E-state index in [-0.39, 0.29) is 0 Å². The highest BCUT2D eigenvalue weighted by Crippen LogP contribution is 2.23. The van der Waals surface area contributed by atoms with Gasteiger partial charge in [0, 0.05) is 44.7 Å². The molecule has 0 atom stereocenters. The van der Waals surface area contributed by atoms with E-state index in [0.29, 0.717) is 12.2 Å². The third kappa shape index (κ3) is 2.72. The van der Waals surface area contributed by atoms with E-state index in [4.69, 9.17) is 0 Å². The molecule has 0 bridgehead atoms. The maximum atomic E-state index is 11.6. The van der Waals surface area contributed by atoms with Crippen LogP contribution in [0.25, 0.3) is 0 Å². The van der Waals surface area contributed by atoms with Crippen LogP contribution in [0, 0.1) is 0 Å². The minimum absolute atomic E-state index is 0.318. The molecule has 102 valence electrons. The lowest BCUT2D eigenvalue weighted by Gasteiger charge is -2.34. The van der Waals surface area contributed by atoms with Crippen molar-refractivity contribution < 1.29 is 4.79 Å². The lowest BCUT2D eigenvalue weighted by Crippen LogP contribution is -2.45. The monoisotopic (exact) mass is 258 g/mol. The van der Waals surface area contributed by atoms with Gasteiger partial charge in [-0.25, -0.2) is 0 Å². The number of benzene rings is 1. The molecule has 1 aliphatic carbocycles. The summed E-state index contributed by atoms with van der Waals surface area (Å²) in [6.07, 6.45) is 1.64. The van der Waals surface area contributed by atoms with Crippen LogP contribution in [0.5, 0.6) is 0 Å². The molecule has 2 aliphatic rings. The Balaban J connectivity index is 1.63. The van der Waals surface area contributed by atoms with Gasteiger partial charge in [0.25, 0.3) is 0 Å². The molecule has 1 aliphatic heterocycles. The van der Waals surface area contributed by atoms with E-state index in [9.17, 15) is 4.79 Å². The smallest absolute Gasteiger partial charge is 0.163 e. The summed E-state index contributed by atoms with van der Waals surface area (Å²) in [4.78, 5) is 16.6. The Kier molecular flexibility index (Phi) is 3.67. The van der Waals surface area contributed by atoms with Gasteiger partial charge in [-0.15, -0.1) is 0 Å². The summed E-state index contributed by atoms with van der Waals surface area (Å²) in [6, 6.07) is 6.41. The third-order valence-corrected chi connectivity index (χ3v) is 4.41. The molecule has 3 rings (SSSR count). The second-order valence-corrected chi connectivity index (χ2v) is 5.63. The van der Waals surface area contributed by atoms with Crippen LogP contribution < -0.4 is 0 Å². The Bertz CT molecular complexity index is 476. The highest BCUT2D eigenvalue weighted by molar-refractivity contribution is 6.00. The van der Waals surface area contributed by atoms with Crippen molar-refractivity contribution in [3.05, 3.63) is 34.9 Å². The van der Waals surface area contributed by atoms with Gasteiger partial charge < -0.3 is 4.90 Å². The fraction of sp³-hybridized carbons (Fsp3) is 0.562. The second-order valence-electron chi connectivity index (χ2n) is 5.63. The molecule has 0 amide bonds. The zero-order valence-electron chi connectivity index (χ0n) is 11.7. The first-order valence-electron chi connectivity index (χ1n) is 7.36. The Hall–Kier alpha value is -1.19. The lowest BCUT2D eigenvalue weighted by atomic mass is 10.1. The normalized spacial score (nSPS) is 20.8. The number of hydrogen-bond acceptors (Lipinski definition) is 3. The molecular weight excluding hydrogens is 236 g/mol. The molecule has 0 radical (unpaired) electrons. The molecule has 0 unspecified atom stereocenters. The van der Waals surface area contributed by atoms with E-state index in [2.05, 4.69) is 28.9 Å². The van der Waals surface area contributed by atoms with E-state index >= 15 is 0 Å². The summed E-state index contributed by atoms with van der Waals surface area (Å²) in [7, 11) is 0. The van der Waals surface area contributed by atoms with E-state index in [1.165, 1.54) is 24.2 Å². The van der Waals surface area contributed by atoms with E-state index in [0.717, 1.165) is 38.2 Å². The number of likely N-dealkylation sites (N-methyl/N-ethyl adjacent to an activating group) is 1. The van der Waals surface area contributed by atoms with Gasteiger partial charge in [-0.05, 0) is 24.1 Å². The van der Waals surface area contributed by atoms with Gasteiger partial charge in [-0.3, -0.25) is 9.69 Å². The van der Waals surface area contributed by atoms with Crippen LogP contribution in [0.2, 0.25) is 0 Å². The average molecular weight is 258 g/mol. The quantitative estimate of drug-likeness (QED) is 0.828. The number of rotatable bonds is 3. The first-order valence-corrected chi connectivity index (χ1v) is 7.36. The number of Topliss-reactive ketones (excluding diaryl/α,β-unsaturated/α-hetero) is 1. The van der Waals surface area contributed by atoms with Crippen molar-refractivity contribution in [2.24, 2.45) is 0 Å². The molecule has 0 aromatic heterocycles. The predicted octanol–water partition coefficient (Wildman–Crippen LogP) is 1.95. The Morgan fingerprint density at radius 2 is 1.79 bits per heavy atom. The highest BCUT2D eigenvalue weighted by Gasteiger charge is 2.20. The number of fused-ring (bicyclic) bond motifs is 1. The highest BCUT2D eigenvalue weighted by atomic mass is 16.1. The number of carbonyl (C=O) groups excluding carboxylic acids is 1. The van der Waals surface area contributed by atoms with Gasteiger partial charge in [-0.1, -0.05) is 25.1 Å². The van der Waals surface area contributed by atoms with Gasteiger partial charge in [0.15, 0.2) is 5.78 Å². The molecule has 0 N–H and O–H groups in total. The molecular formula is C16H22N2O. The summed E-state index contributed by atoms with van der Waals surface area (Å²) in [5.74, 6) is 0.318. The number of carbonyl (C=O) groups is 1. The molecule has 1 heterocycles. The van der Waals surface area contributed by atoms with E-state index < -0.39 is 0 Å². The lowest BCUT2D eigenvalue weighted by molar-refractivity contribution is 0.0994. The number of ketones is 1. The second kappa shape index (κ2) is 5.43. The summed E-state index contributed by atoms with van der Waals surface area (Å²) in [5.41, 5.74) is 3.58. The number of piperazine rings is 1. The fourth-order valence-electron chi connectivity index (χ4n) is 3.13. The van der Waals surface area contributed by atoms with Crippen LogP contribution in [0.4, 0.5) is 0 Å². The van der Waals surface area contributed by atoms with Gasteiger partial charge >= 0.3 is 0 Å². The van der Waals surface area contributed by atoms with Crippen LogP contribution in [0.3, 0.4) is 0 Å². The Morgan fingerprint density at radius 3 is 2.53 bits per heavy atom. The fourth-order valence-corrected chi connectivity index (χ4v) is 3.13. The Labute approximate surface area is 115 Å². The molecule has 3 nitrogen and oxygen atoms in total. The summed E-state index contributed by atoms with van der Waals surface area (Å²) >= 11 is 0. The number of aryl methyl sites for hydroxylation is 1. The largest absolute Gasteiger partial charge is 0.301 e. The van der Waals surface area contributed by atoms with Crippen molar-refractivity contribution in [3.63, 3.8) is 0 Å². The van der Waals surface area contributed by atoms with Crippen LogP contribution in [-0.2, 0) is 13.0 Å². The molecule has 0 spiro atoms. The summed E-state index contributed by atoms with van der Waals surface area (Å²) in [6.45, 7) is 9.09. The maximum Gasteiger partial charge on any atom is 0.163 e. The maximum absolute atomic E-state index is 11.6. The Morgan fingerprint density at radius 1 is 1.05 bits per heavy atom. The zero-order chi connectivity index (χ0) is 13.2. The predicted molar refractivity (Wildman–Crippen MR) is 76.5 cm³/mol. The van der Waals surface area contributed by atoms with Crippen LogP contribution >= 0.6 is 0 Å². The molecule has 0 saturated carbocycles. The van der Waals surface area contributed by atoms with Crippen molar-refractivity contribution in [1.82, 2.24) is 9.80 Å². The molecule has 1 fully saturated rings. The minimum Gasteiger partial charge on any atom is -0.301 e. The first kappa shape index (κ1) is 12.8. The molecule has 1 aromatic rings. The van der Waals surface area contributed by atoms with Gasteiger partial charge in [-0.2, -0.15) is 0 Å². The molecule has 19 heavy (non-hydrogen) atoms. The SMILES string of the molecule is CCN1CCN(Cc2ccc3c(c2)CCC3=O)CC1. The van der Waals surface area contributed by atoms with Crippen molar-refractivity contribution in [2.45, 2.75) is 26.3 Å². The average Bonchev–Trinajstić information content (AvgIpc) is 2.81.